The highest BCUT2D eigenvalue weighted by molar-refractivity contribution is 5.66. The molecule has 0 heterocycles. The van der Waals surface area contributed by atoms with Gasteiger partial charge in [-0.2, -0.15) is 0 Å². The molecule has 0 aliphatic rings. The summed E-state index contributed by atoms with van der Waals surface area (Å²) in [6, 6.07) is 7.98. The van der Waals surface area contributed by atoms with Crippen LogP contribution in [-0.4, -0.2) is 7.11 Å². The first kappa shape index (κ1) is 9.59. The average Bonchev–Trinajstić information content (AvgIpc) is 2.18. The van der Waals surface area contributed by atoms with Crippen LogP contribution in [0.3, 0.4) is 0 Å². The molecule has 0 radical (unpaired) electrons. The van der Waals surface area contributed by atoms with Crippen molar-refractivity contribution in [3.8, 4) is 5.75 Å². The summed E-state index contributed by atoms with van der Waals surface area (Å²) in [5.41, 5.74) is 2.35. The molecule has 0 aliphatic carbocycles. The number of hydrogen-bond acceptors (Lipinski definition) is 1. The van der Waals surface area contributed by atoms with Crippen molar-refractivity contribution in [2.75, 3.05) is 7.11 Å². The molecule has 13 heavy (non-hydrogen) atoms. The van der Waals surface area contributed by atoms with Crippen LogP contribution in [0.1, 0.15) is 12.5 Å². The van der Waals surface area contributed by atoms with Crippen molar-refractivity contribution in [3.63, 3.8) is 0 Å². The van der Waals surface area contributed by atoms with Gasteiger partial charge in [0.15, 0.2) is 0 Å². The molecule has 0 bridgehead atoms. The molecule has 0 fully saturated rings. The Kier molecular flexibility index (Phi) is 3.32. The number of hydrogen-bond donors (Lipinski definition) is 0. The van der Waals surface area contributed by atoms with E-state index >= 15 is 0 Å². The van der Waals surface area contributed by atoms with Gasteiger partial charge in [-0.15, -0.1) is 0 Å². The van der Waals surface area contributed by atoms with Gasteiger partial charge in [0.05, 0.1) is 7.11 Å². The van der Waals surface area contributed by atoms with Gasteiger partial charge >= 0.3 is 0 Å². The second kappa shape index (κ2) is 4.51. The van der Waals surface area contributed by atoms with Crippen molar-refractivity contribution in [1.82, 2.24) is 0 Å². The van der Waals surface area contributed by atoms with Crippen LogP contribution < -0.4 is 4.74 Å². The summed E-state index contributed by atoms with van der Waals surface area (Å²) < 4.78 is 5.13. The molecular formula is C12H14O. The zero-order valence-corrected chi connectivity index (χ0v) is 8.08. The van der Waals surface area contributed by atoms with Gasteiger partial charge in [0.1, 0.15) is 5.75 Å². The fourth-order valence-corrected chi connectivity index (χ4v) is 1.14. The van der Waals surface area contributed by atoms with Gasteiger partial charge in [-0.3, -0.25) is 0 Å². The smallest absolute Gasteiger partial charge is 0.119 e. The molecule has 0 N–H and O–H groups in total. The zero-order chi connectivity index (χ0) is 9.68. The van der Waals surface area contributed by atoms with Crippen molar-refractivity contribution in [3.05, 3.63) is 48.6 Å². The summed E-state index contributed by atoms with van der Waals surface area (Å²) in [4.78, 5) is 0. The number of ether oxygens (including phenoxy) is 1. The molecular weight excluding hydrogens is 160 g/mol. The molecule has 1 aromatic carbocycles. The van der Waals surface area contributed by atoms with Gasteiger partial charge in [-0.1, -0.05) is 30.9 Å². The molecule has 1 aromatic rings. The first-order valence-electron chi connectivity index (χ1n) is 4.21. The molecule has 0 aromatic heterocycles. The predicted octanol–water partition coefficient (Wildman–Crippen LogP) is 3.28. The maximum Gasteiger partial charge on any atom is 0.119 e. The third kappa shape index (κ3) is 2.48. The van der Waals surface area contributed by atoms with Crippen LogP contribution in [0.25, 0.3) is 5.57 Å². The van der Waals surface area contributed by atoms with Crippen LogP contribution in [0, 0.1) is 0 Å². The van der Waals surface area contributed by atoms with E-state index in [2.05, 4.69) is 19.6 Å². The lowest BCUT2D eigenvalue weighted by molar-refractivity contribution is 0.414. The summed E-state index contributed by atoms with van der Waals surface area (Å²) >= 11 is 0. The lowest BCUT2D eigenvalue weighted by Gasteiger charge is -2.03. The van der Waals surface area contributed by atoms with Crippen molar-refractivity contribution in [2.24, 2.45) is 0 Å². The Labute approximate surface area is 79.4 Å². The molecule has 0 unspecified atom stereocenters. The molecule has 0 amide bonds. The lowest BCUT2D eigenvalue weighted by atomic mass is 10.1. The number of benzene rings is 1. The van der Waals surface area contributed by atoms with E-state index < -0.39 is 0 Å². The van der Waals surface area contributed by atoms with Crippen molar-refractivity contribution >= 4 is 5.57 Å². The standard InChI is InChI=1S/C12H14O/c1-4-6-10(2)11-7-5-8-12(9-11)13-3/h4-9H,1H2,2-3H3. The second-order valence-corrected chi connectivity index (χ2v) is 2.82. The summed E-state index contributed by atoms with van der Waals surface area (Å²) in [7, 11) is 1.67. The third-order valence-corrected chi connectivity index (χ3v) is 1.89. The Morgan fingerprint density at radius 2 is 2.23 bits per heavy atom. The fraction of sp³-hybridized carbons (Fsp3) is 0.167. The molecule has 68 valence electrons. The van der Waals surface area contributed by atoms with E-state index in [-0.39, 0.29) is 0 Å². The SMILES string of the molecule is C=CC=C(C)c1cccc(OC)c1. The van der Waals surface area contributed by atoms with Gasteiger partial charge in [-0.05, 0) is 30.2 Å². The van der Waals surface area contributed by atoms with Gasteiger partial charge in [0.2, 0.25) is 0 Å². The van der Waals surface area contributed by atoms with E-state index in [1.54, 1.807) is 13.2 Å². The molecule has 0 spiro atoms. The largest absolute Gasteiger partial charge is 0.497 e. The van der Waals surface area contributed by atoms with Crippen LogP contribution in [-0.2, 0) is 0 Å². The number of rotatable bonds is 3. The van der Waals surface area contributed by atoms with Gasteiger partial charge in [0.25, 0.3) is 0 Å². The zero-order valence-electron chi connectivity index (χ0n) is 8.08. The molecule has 1 nitrogen and oxygen atoms in total. The van der Waals surface area contributed by atoms with Gasteiger partial charge in [0, 0.05) is 0 Å². The quantitative estimate of drug-likeness (QED) is 0.639. The Bertz CT molecular complexity index is 324. The van der Waals surface area contributed by atoms with Gasteiger partial charge in [-0.25, -0.2) is 0 Å². The Hall–Kier alpha value is -1.50. The minimum absolute atomic E-state index is 0.884. The Morgan fingerprint density at radius 3 is 2.85 bits per heavy atom. The predicted molar refractivity (Wildman–Crippen MR) is 56.8 cm³/mol. The molecule has 0 aliphatic heterocycles. The van der Waals surface area contributed by atoms with Crippen LogP contribution in [0.4, 0.5) is 0 Å². The van der Waals surface area contributed by atoms with Crippen molar-refractivity contribution in [1.29, 1.82) is 0 Å². The first-order valence-corrected chi connectivity index (χ1v) is 4.21. The topological polar surface area (TPSA) is 9.23 Å². The summed E-state index contributed by atoms with van der Waals surface area (Å²) in [5, 5.41) is 0. The van der Waals surface area contributed by atoms with Crippen molar-refractivity contribution < 1.29 is 4.74 Å². The summed E-state index contributed by atoms with van der Waals surface area (Å²) in [6.45, 7) is 5.71. The molecule has 0 saturated heterocycles. The third-order valence-electron chi connectivity index (χ3n) is 1.89. The van der Waals surface area contributed by atoms with E-state index in [0.717, 1.165) is 5.75 Å². The monoisotopic (exact) mass is 174 g/mol. The first-order chi connectivity index (χ1) is 6.27. The highest BCUT2D eigenvalue weighted by atomic mass is 16.5. The summed E-state index contributed by atoms with van der Waals surface area (Å²) in [6.07, 6.45) is 3.77. The minimum atomic E-state index is 0.884. The molecule has 0 saturated carbocycles. The van der Waals surface area contributed by atoms with E-state index in [1.165, 1.54) is 11.1 Å². The van der Waals surface area contributed by atoms with Crippen LogP contribution >= 0.6 is 0 Å². The lowest BCUT2D eigenvalue weighted by Crippen LogP contribution is -1.84. The maximum atomic E-state index is 5.13. The van der Waals surface area contributed by atoms with Crippen LogP contribution in [0.5, 0.6) is 5.75 Å². The van der Waals surface area contributed by atoms with Crippen LogP contribution in [0.15, 0.2) is 43.0 Å². The fourth-order valence-electron chi connectivity index (χ4n) is 1.14. The van der Waals surface area contributed by atoms with E-state index in [9.17, 15) is 0 Å². The maximum absolute atomic E-state index is 5.13. The number of methoxy groups -OCH3 is 1. The van der Waals surface area contributed by atoms with E-state index in [0.29, 0.717) is 0 Å². The van der Waals surface area contributed by atoms with E-state index in [1.807, 2.05) is 24.3 Å². The van der Waals surface area contributed by atoms with Crippen molar-refractivity contribution in [2.45, 2.75) is 6.92 Å². The van der Waals surface area contributed by atoms with Crippen LogP contribution in [0.2, 0.25) is 0 Å². The summed E-state index contributed by atoms with van der Waals surface area (Å²) in [5.74, 6) is 0.884. The normalized spacial score (nSPS) is 11.1. The highest BCUT2D eigenvalue weighted by Gasteiger charge is 1.95. The highest BCUT2D eigenvalue weighted by Crippen LogP contribution is 2.19. The Morgan fingerprint density at radius 1 is 1.46 bits per heavy atom. The van der Waals surface area contributed by atoms with E-state index in [4.69, 9.17) is 4.74 Å². The molecule has 1 rings (SSSR count). The average molecular weight is 174 g/mol. The molecule has 1 heteroatoms. The molecule has 0 atom stereocenters. The Balaban J connectivity index is 3.01. The second-order valence-electron chi connectivity index (χ2n) is 2.82. The minimum Gasteiger partial charge on any atom is -0.497 e. The van der Waals surface area contributed by atoms with Gasteiger partial charge < -0.3 is 4.74 Å². The number of allylic oxidation sites excluding steroid dienone is 3.